The number of carbonyl (C=O) groups is 3. The lowest BCUT2D eigenvalue weighted by molar-refractivity contribution is -0.141. The first-order valence-corrected chi connectivity index (χ1v) is 16.7. The summed E-state index contributed by atoms with van der Waals surface area (Å²) in [7, 11) is 4.66. The third-order valence-electron chi connectivity index (χ3n) is 9.04. The highest BCUT2D eigenvalue weighted by Crippen LogP contribution is 2.50. The molecule has 1 aliphatic rings. The third kappa shape index (κ3) is 8.02. The first-order valence-electron chi connectivity index (χ1n) is 16.7. The number of hydrogen-bond acceptors (Lipinski definition) is 8. The van der Waals surface area contributed by atoms with Crippen LogP contribution in [0.4, 0.5) is 5.69 Å². The van der Waals surface area contributed by atoms with Gasteiger partial charge in [-0.1, -0.05) is 30.7 Å². The largest absolute Gasteiger partial charge is 0.493 e. The van der Waals surface area contributed by atoms with Gasteiger partial charge in [0.15, 0.2) is 11.5 Å². The van der Waals surface area contributed by atoms with E-state index < -0.39 is 18.1 Å². The second-order valence-electron chi connectivity index (χ2n) is 12.4. The maximum atomic E-state index is 13.5. The molecule has 50 heavy (non-hydrogen) atoms. The van der Waals surface area contributed by atoms with E-state index in [0.717, 1.165) is 33.2 Å². The van der Waals surface area contributed by atoms with Gasteiger partial charge >= 0.3 is 5.97 Å². The monoisotopic (exact) mass is 684 g/mol. The van der Waals surface area contributed by atoms with E-state index >= 15 is 0 Å². The van der Waals surface area contributed by atoms with Gasteiger partial charge in [0.1, 0.15) is 6.04 Å². The zero-order valence-corrected chi connectivity index (χ0v) is 28.8. The molecule has 0 radical (unpaired) electrons. The molecule has 12 heteroatoms. The van der Waals surface area contributed by atoms with Gasteiger partial charge in [-0.05, 0) is 72.2 Å². The summed E-state index contributed by atoms with van der Waals surface area (Å²) in [5.41, 5.74) is 5.07. The van der Waals surface area contributed by atoms with E-state index in [2.05, 4.69) is 20.9 Å². The fourth-order valence-corrected chi connectivity index (χ4v) is 6.65. The normalized spacial score (nSPS) is 14.0. The molecule has 0 saturated heterocycles. The number of nitrogens with one attached hydrogen (secondary N) is 4. The molecule has 4 aromatic rings. The molecule has 1 aromatic heterocycles. The van der Waals surface area contributed by atoms with Crippen molar-refractivity contribution in [3.63, 3.8) is 0 Å². The first kappa shape index (κ1) is 35.8. The number of carboxylic acid groups (broad SMARTS) is 1. The Hall–Kier alpha value is -5.52. The maximum absolute atomic E-state index is 13.5. The molecule has 0 fully saturated rings. The number of methoxy groups -OCH3 is 3. The molecule has 12 nitrogen and oxygen atoms in total. The highest BCUT2D eigenvalue weighted by molar-refractivity contribution is 5.87. The minimum atomic E-state index is -1.08. The van der Waals surface area contributed by atoms with E-state index in [1.54, 1.807) is 39.7 Å². The molecule has 2 atom stereocenters. The second-order valence-corrected chi connectivity index (χ2v) is 12.4. The van der Waals surface area contributed by atoms with Crippen LogP contribution in [0.2, 0.25) is 0 Å². The van der Waals surface area contributed by atoms with Crippen molar-refractivity contribution in [3.05, 3.63) is 81.6 Å². The molecular weight excluding hydrogens is 640 g/mol. The number of H-pyrrole nitrogens is 1. The molecule has 0 bridgehead atoms. The second kappa shape index (κ2) is 16.3. The molecule has 264 valence electrons. The van der Waals surface area contributed by atoms with Crippen LogP contribution in [0.1, 0.15) is 61.8 Å². The van der Waals surface area contributed by atoms with Crippen LogP contribution < -0.4 is 35.6 Å². The molecule has 0 spiro atoms. The van der Waals surface area contributed by atoms with E-state index in [1.807, 2.05) is 36.4 Å². The maximum Gasteiger partial charge on any atom is 0.326 e. The number of aryl methyl sites for hydroxylation is 1. The molecule has 0 unspecified atom stereocenters. The number of aliphatic carboxylic acids is 1. The number of carbonyl (C=O) groups excluding carboxylic acids is 2. The first-order chi connectivity index (χ1) is 24.1. The fourth-order valence-electron chi connectivity index (χ4n) is 6.65. The van der Waals surface area contributed by atoms with Gasteiger partial charge in [0.2, 0.25) is 23.0 Å². The SMILES string of the molecule is COc1cc2c(c(OC)c1OC)-c1ccc(NCCCCCC(=O)N[C@@H](Cc3c[nH]c4ccccc34)C(=O)O)c(=O)cc1[C@@H](NC(C)=O)CC2. The molecule has 0 saturated carbocycles. The molecule has 2 amide bonds. The van der Waals surface area contributed by atoms with Crippen LogP contribution in [0.15, 0.2) is 59.5 Å². The van der Waals surface area contributed by atoms with Crippen LogP contribution in [0, 0.1) is 0 Å². The van der Waals surface area contributed by atoms with Crippen molar-refractivity contribution in [2.24, 2.45) is 0 Å². The van der Waals surface area contributed by atoms with Gasteiger partial charge in [-0.15, -0.1) is 0 Å². The van der Waals surface area contributed by atoms with Crippen LogP contribution in [-0.4, -0.2) is 61.8 Å². The van der Waals surface area contributed by atoms with Crippen molar-refractivity contribution >= 4 is 34.4 Å². The van der Waals surface area contributed by atoms with Crippen LogP contribution in [-0.2, 0) is 27.2 Å². The fraction of sp³-hybridized carbons (Fsp3) is 0.368. The summed E-state index contributed by atoms with van der Waals surface area (Å²) in [6.45, 7) is 1.95. The topological polar surface area (TPSA) is 168 Å². The molecule has 0 aliphatic heterocycles. The van der Waals surface area contributed by atoms with E-state index in [9.17, 15) is 24.3 Å². The quantitative estimate of drug-likeness (QED) is 0.107. The number of amides is 2. The lowest BCUT2D eigenvalue weighted by Gasteiger charge is -2.19. The zero-order valence-electron chi connectivity index (χ0n) is 28.8. The molecule has 5 N–H and O–H groups in total. The Morgan fingerprint density at radius 1 is 0.980 bits per heavy atom. The van der Waals surface area contributed by atoms with Gasteiger partial charge in [-0.2, -0.15) is 0 Å². The molecule has 1 heterocycles. The average molecular weight is 685 g/mol. The predicted molar refractivity (Wildman–Crippen MR) is 191 cm³/mol. The number of aromatic amines is 1. The molecule has 3 aromatic carbocycles. The number of aromatic nitrogens is 1. The predicted octanol–water partition coefficient (Wildman–Crippen LogP) is 5.13. The summed E-state index contributed by atoms with van der Waals surface area (Å²) in [6, 6.07) is 13.3. The Kier molecular flexibility index (Phi) is 11.6. The Morgan fingerprint density at radius 3 is 2.48 bits per heavy atom. The number of unbranched alkanes of at least 4 members (excludes halogenated alkanes) is 2. The van der Waals surface area contributed by atoms with Gasteiger partial charge in [0, 0.05) is 49.0 Å². The van der Waals surface area contributed by atoms with Gasteiger partial charge in [0.05, 0.1) is 33.1 Å². The van der Waals surface area contributed by atoms with Crippen LogP contribution in [0.25, 0.3) is 22.0 Å². The van der Waals surface area contributed by atoms with E-state index in [4.69, 9.17) is 14.2 Å². The minimum absolute atomic E-state index is 0.177. The summed E-state index contributed by atoms with van der Waals surface area (Å²) in [4.78, 5) is 53.4. The summed E-state index contributed by atoms with van der Waals surface area (Å²) >= 11 is 0. The summed E-state index contributed by atoms with van der Waals surface area (Å²) < 4.78 is 17.1. The number of hydrogen-bond donors (Lipinski definition) is 5. The van der Waals surface area contributed by atoms with E-state index in [1.165, 1.54) is 6.92 Å². The highest BCUT2D eigenvalue weighted by Gasteiger charge is 2.29. The van der Waals surface area contributed by atoms with Crippen LogP contribution in [0.5, 0.6) is 17.2 Å². The van der Waals surface area contributed by atoms with E-state index in [0.29, 0.717) is 67.1 Å². The average Bonchev–Trinajstić information content (AvgIpc) is 3.36. The smallest absolute Gasteiger partial charge is 0.326 e. The van der Waals surface area contributed by atoms with Gasteiger partial charge in [-0.25, -0.2) is 4.79 Å². The summed E-state index contributed by atoms with van der Waals surface area (Å²) in [5, 5.41) is 19.6. The van der Waals surface area contributed by atoms with Gasteiger partial charge in [0.25, 0.3) is 0 Å². The number of anilines is 1. The van der Waals surface area contributed by atoms with Gasteiger partial charge < -0.3 is 40.3 Å². The van der Waals surface area contributed by atoms with Gasteiger partial charge in [-0.3, -0.25) is 14.4 Å². The number of rotatable bonds is 15. The zero-order chi connectivity index (χ0) is 35.8. The standard InChI is InChI=1S/C38H44N4O8/c1-22(43)41-29-15-13-23-19-33(48-2)36(49-3)37(50-4)35(23)26-14-16-30(32(44)20-27(26)29)39-17-9-5-6-12-34(45)42-31(38(46)47)18-24-21-40-28-11-8-7-10-25(24)28/h7-8,10-11,14,16,19-21,29,31,40H,5-6,9,12-13,15,17-18H2,1-4H3,(H,39,44)(H,41,43)(H,42,45)(H,46,47)/t29-,31-/m0/s1. The number of carboxylic acids is 1. The number of para-hydroxylation sites is 1. The summed E-state index contributed by atoms with van der Waals surface area (Å²) in [6.07, 6.45) is 5.26. The van der Waals surface area contributed by atoms with Crippen LogP contribution in [0.3, 0.4) is 0 Å². The van der Waals surface area contributed by atoms with Crippen molar-refractivity contribution in [1.82, 2.24) is 15.6 Å². The van der Waals surface area contributed by atoms with Crippen molar-refractivity contribution in [2.45, 2.75) is 64.0 Å². The lowest BCUT2D eigenvalue weighted by atomic mass is 9.95. The van der Waals surface area contributed by atoms with Crippen molar-refractivity contribution < 1.29 is 33.7 Å². The molecular formula is C38H44N4O8. The molecule has 1 aliphatic carbocycles. The lowest BCUT2D eigenvalue weighted by Crippen LogP contribution is -2.42. The van der Waals surface area contributed by atoms with Crippen molar-refractivity contribution in [1.29, 1.82) is 0 Å². The van der Waals surface area contributed by atoms with Crippen molar-refractivity contribution in [2.75, 3.05) is 33.2 Å². The Bertz CT molecular complexity index is 1940. The Morgan fingerprint density at radius 2 is 1.76 bits per heavy atom. The minimum Gasteiger partial charge on any atom is -0.493 e. The number of fused-ring (bicyclic) bond motifs is 4. The van der Waals surface area contributed by atoms with Crippen molar-refractivity contribution in [3.8, 4) is 28.4 Å². The van der Waals surface area contributed by atoms with Crippen LogP contribution >= 0.6 is 0 Å². The molecule has 5 rings (SSSR count). The Labute approximate surface area is 290 Å². The third-order valence-corrected chi connectivity index (χ3v) is 9.04. The van der Waals surface area contributed by atoms with E-state index in [-0.39, 0.29) is 30.1 Å². The number of ether oxygens (including phenoxy) is 3. The Balaban J connectivity index is 1.23. The summed E-state index contributed by atoms with van der Waals surface area (Å²) in [5.74, 6) is -0.156. The number of benzene rings is 2. The highest BCUT2D eigenvalue weighted by atomic mass is 16.5.